The third-order valence-electron chi connectivity index (χ3n) is 6.07. The van der Waals surface area contributed by atoms with E-state index in [1.54, 1.807) is 0 Å². The molecule has 0 aromatic heterocycles. The average Bonchev–Trinajstić information content (AvgIpc) is 2.49. The Morgan fingerprint density at radius 3 is 2.58 bits per heavy atom. The van der Waals surface area contributed by atoms with Gasteiger partial charge in [0.2, 0.25) is 0 Å². The number of rotatable bonds is 2. The summed E-state index contributed by atoms with van der Waals surface area (Å²) in [6.45, 7) is 6.97. The Balaban J connectivity index is 2.44. The minimum Gasteiger partial charge on any atom is -0.504 e. The van der Waals surface area contributed by atoms with Gasteiger partial charge in [-0.25, -0.2) is 0 Å². The second-order valence-electron chi connectivity index (χ2n) is 8.10. The number of carbonyl (C=O) groups is 1. The quantitative estimate of drug-likeness (QED) is 0.704. The van der Waals surface area contributed by atoms with Crippen molar-refractivity contribution in [3.63, 3.8) is 0 Å². The number of carboxylic acid groups (broad SMARTS) is 1. The second-order valence-corrected chi connectivity index (χ2v) is 8.10. The SMILES string of the molecule is [2H]C(C)(C)c1cc2c(c(O)c1O)[C@@]1(C(=O)O)CCCC(C)(C)[C@@H]1CC2([2H])[2H]. The number of hydrogen-bond donors (Lipinski definition) is 3. The van der Waals surface area contributed by atoms with E-state index in [4.69, 9.17) is 4.11 Å². The van der Waals surface area contributed by atoms with Crippen LogP contribution in [0.1, 0.15) is 80.1 Å². The van der Waals surface area contributed by atoms with Gasteiger partial charge in [0.15, 0.2) is 11.5 Å². The van der Waals surface area contributed by atoms with Crippen LogP contribution in [0.5, 0.6) is 11.5 Å². The number of carboxylic acids is 1. The van der Waals surface area contributed by atoms with Crippen LogP contribution < -0.4 is 0 Å². The lowest BCUT2D eigenvalue weighted by molar-refractivity contribution is -0.152. The van der Waals surface area contributed by atoms with Gasteiger partial charge in [0, 0.05) is 15.2 Å². The van der Waals surface area contributed by atoms with Crippen LogP contribution in [-0.2, 0) is 16.6 Å². The number of hydrogen-bond acceptors (Lipinski definition) is 3. The summed E-state index contributed by atoms with van der Waals surface area (Å²) in [7, 11) is 0. The molecule has 4 heteroatoms. The molecule has 0 saturated heterocycles. The summed E-state index contributed by atoms with van der Waals surface area (Å²) in [6.07, 6.45) is -0.122. The molecule has 0 heterocycles. The average molecular weight is 335 g/mol. The van der Waals surface area contributed by atoms with E-state index in [0.29, 0.717) is 6.42 Å². The highest BCUT2D eigenvalue weighted by atomic mass is 16.4. The highest BCUT2D eigenvalue weighted by Gasteiger charge is 2.58. The molecule has 2 aliphatic rings. The fraction of sp³-hybridized carbons (Fsp3) is 0.650. The maximum Gasteiger partial charge on any atom is 0.314 e. The largest absolute Gasteiger partial charge is 0.504 e. The van der Waals surface area contributed by atoms with Crippen LogP contribution >= 0.6 is 0 Å². The number of phenolic OH excluding ortho intramolecular Hbond substituents is 2. The van der Waals surface area contributed by atoms with E-state index in [2.05, 4.69) is 0 Å². The lowest BCUT2D eigenvalue weighted by Gasteiger charge is -2.53. The zero-order valence-electron chi connectivity index (χ0n) is 17.7. The fourth-order valence-corrected chi connectivity index (χ4v) is 4.79. The highest BCUT2D eigenvalue weighted by Crippen LogP contribution is 2.60. The van der Waals surface area contributed by atoms with Gasteiger partial charge in [-0.1, -0.05) is 40.2 Å². The van der Waals surface area contributed by atoms with E-state index in [-0.39, 0.29) is 29.5 Å². The van der Waals surface area contributed by atoms with Crippen LogP contribution in [0.4, 0.5) is 0 Å². The van der Waals surface area contributed by atoms with Crippen LogP contribution in [0, 0.1) is 11.3 Å². The summed E-state index contributed by atoms with van der Waals surface area (Å²) < 4.78 is 25.5. The highest BCUT2D eigenvalue weighted by molar-refractivity contribution is 5.85. The maximum atomic E-state index is 12.6. The van der Waals surface area contributed by atoms with Crippen LogP contribution in [0.15, 0.2) is 6.07 Å². The minimum atomic E-state index is -1.86. The molecule has 0 bridgehead atoms. The Bertz CT molecular complexity index is 810. The first kappa shape index (κ1) is 13.6. The zero-order chi connectivity index (χ0) is 20.6. The number of aryl methyl sites for hydroxylation is 1. The molecule has 1 aromatic rings. The first-order valence-corrected chi connectivity index (χ1v) is 8.50. The monoisotopic (exact) mass is 335 g/mol. The van der Waals surface area contributed by atoms with Gasteiger partial charge in [-0.15, -0.1) is 0 Å². The Labute approximate surface area is 147 Å². The van der Waals surface area contributed by atoms with Crippen LogP contribution in [0.2, 0.25) is 0 Å². The van der Waals surface area contributed by atoms with Gasteiger partial charge < -0.3 is 15.3 Å². The molecular formula is C20H28O4. The lowest BCUT2D eigenvalue weighted by atomic mass is 9.49. The summed E-state index contributed by atoms with van der Waals surface area (Å²) >= 11 is 0. The molecule has 1 aromatic carbocycles. The van der Waals surface area contributed by atoms with Gasteiger partial charge in [0.25, 0.3) is 0 Å². The third-order valence-corrected chi connectivity index (χ3v) is 6.07. The number of phenols is 2. The van der Waals surface area contributed by atoms with Crippen molar-refractivity contribution in [3.05, 3.63) is 22.8 Å². The zero-order valence-corrected chi connectivity index (χ0v) is 14.7. The van der Waals surface area contributed by atoms with Crippen molar-refractivity contribution < 1.29 is 24.2 Å². The van der Waals surface area contributed by atoms with E-state index in [0.717, 1.165) is 6.42 Å². The summed E-state index contributed by atoms with van der Waals surface area (Å²) in [5.74, 6) is -3.99. The smallest absolute Gasteiger partial charge is 0.314 e. The topological polar surface area (TPSA) is 77.8 Å². The summed E-state index contributed by atoms with van der Waals surface area (Å²) in [5, 5.41) is 31.7. The molecule has 0 spiro atoms. The molecule has 0 radical (unpaired) electrons. The van der Waals surface area contributed by atoms with E-state index in [9.17, 15) is 20.1 Å². The Morgan fingerprint density at radius 2 is 2.00 bits per heavy atom. The normalized spacial score (nSPS) is 32.7. The fourth-order valence-electron chi connectivity index (χ4n) is 4.79. The third kappa shape index (κ3) is 2.15. The number of fused-ring (bicyclic) bond motifs is 3. The first-order chi connectivity index (χ1) is 12.2. The van der Waals surface area contributed by atoms with Crippen molar-refractivity contribution in [2.24, 2.45) is 11.3 Å². The van der Waals surface area contributed by atoms with Gasteiger partial charge >= 0.3 is 5.97 Å². The van der Waals surface area contributed by atoms with Crippen molar-refractivity contribution in [1.82, 2.24) is 0 Å². The van der Waals surface area contributed by atoms with Gasteiger partial charge in [0.05, 0.1) is 5.41 Å². The van der Waals surface area contributed by atoms with Gasteiger partial charge in [-0.2, -0.15) is 0 Å². The van der Waals surface area contributed by atoms with Gasteiger partial charge in [-0.3, -0.25) is 4.79 Å². The maximum absolute atomic E-state index is 12.6. The van der Waals surface area contributed by atoms with Crippen molar-refractivity contribution in [2.45, 2.75) is 71.1 Å². The molecule has 24 heavy (non-hydrogen) atoms. The van der Waals surface area contributed by atoms with Gasteiger partial charge in [0.1, 0.15) is 0 Å². The number of benzene rings is 1. The van der Waals surface area contributed by atoms with E-state index in [1.807, 2.05) is 13.8 Å². The number of aromatic hydroxyl groups is 2. The van der Waals surface area contributed by atoms with E-state index < -0.39 is 46.5 Å². The van der Waals surface area contributed by atoms with E-state index >= 15 is 0 Å². The molecule has 0 amide bonds. The molecule has 4 nitrogen and oxygen atoms in total. The molecule has 1 saturated carbocycles. The first-order valence-electron chi connectivity index (χ1n) is 10.00. The molecule has 0 unspecified atom stereocenters. The van der Waals surface area contributed by atoms with Crippen LogP contribution in [-0.4, -0.2) is 21.3 Å². The molecule has 0 aliphatic heterocycles. The predicted octanol–water partition coefficient (Wildman–Crippen LogP) is 4.32. The minimum absolute atomic E-state index is 0.00507. The molecule has 2 aliphatic carbocycles. The Kier molecular flexibility index (Phi) is 3.05. The van der Waals surface area contributed by atoms with Crippen molar-refractivity contribution in [3.8, 4) is 11.5 Å². The van der Waals surface area contributed by atoms with Gasteiger partial charge in [-0.05, 0) is 48.4 Å². The standard InChI is InChI=1S/C20H28O4/c1-11(2)13-10-12-6-7-14-19(3,4)8-5-9-20(14,18(23)24)15(12)17(22)16(13)21/h10-11,14,21-22H,5-9H2,1-4H3,(H,23,24)/t14-,20+/m0/s1/i6D2,11D. The second kappa shape index (κ2) is 5.40. The summed E-state index contributed by atoms with van der Waals surface area (Å²) in [4.78, 5) is 12.6. The molecular weight excluding hydrogens is 304 g/mol. The Hall–Kier alpha value is -1.71. The Morgan fingerprint density at radius 1 is 1.33 bits per heavy atom. The summed E-state index contributed by atoms with van der Waals surface area (Å²) in [6, 6.07) is 1.39. The van der Waals surface area contributed by atoms with Crippen molar-refractivity contribution in [1.29, 1.82) is 0 Å². The molecule has 3 N–H and O–H groups in total. The van der Waals surface area contributed by atoms with Crippen molar-refractivity contribution >= 4 is 5.97 Å². The summed E-state index contributed by atoms with van der Waals surface area (Å²) in [5.41, 5.74) is -1.69. The van der Waals surface area contributed by atoms with Crippen LogP contribution in [0.3, 0.4) is 0 Å². The van der Waals surface area contributed by atoms with E-state index in [1.165, 1.54) is 19.9 Å². The van der Waals surface area contributed by atoms with Crippen LogP contribution in [0.25, 0.3) is 0 Å². The number of aliphatic carboxylic acids is 1. The molecule has 2 atom stereocenters. The molecule has 3 rings (SSSR count). The molecule has 1 fully saturated rings. The molecule has 132 valence electrons. The predicted molar refractivity (Wildman–Crippen MR) is 92.6 cm³/mol. The lowest BCUT2D eigenvalue weighted by Crippen LogP contribution is -2.54. The van der Waals surface area contributed by atoms with Crippen molar-refractivity contribution in [2.75, 3.05) is 0 Å².